The second kappa shape index (κ2) is 9.48. The van der Waals surface area contributed by atoms with Gasteiger partial charge >= 0.3 is 31.1 Å². The van der Waals surface area contributed by atoms with E-state index >= 15 is 0 Å². The van der Waals surface area contributed by atoms with E-state index in [0.717, 1.165) is 0 Å². The van der Waals surface area contributed by atoms with Gasteiger partial charge in [-0.2, -0.15) is 22.3 Å². The zero-order valence-electron chi connectivity index (χ0n) is 17.5. The molecule has 0 spiro atoms. The maximum atomic E-state index is 3.44. The van der Waals surface area contributed by atoms with E-state index in [4.69, 9.17) is 0 Å². The van der Waals surface area contributed by atoms with E-state index < -0.39 is 0 Å². The van der Waals surface area contributed by atoms with Gasteiger partial charge in [-0.15, -0.1) is 13.8 Å². The zero-order chi connectivity index (χ0) is 15.9. The van der Waals surface area contributed by atoms with Crippen LogP contribution >= 0.6 is 0 Å². The SMILES string of the molecule is CC1=[C-]C(C)(C)C(C)=C1C.CC1=[C-]C(C)(C)C(C)=C1C.[CH3-].[CH3-].[U+4]. The summed E-state index contributed by atoms with van der Waals surface area (Å²) < 4.78 is 0. The second-order valence-electron chi connectivity index (χ2n) is 7.25. The minimum absolute atomic E-state index is 0. The molecule has 0 saturated heterocycles. The zero-order valence-corrected chi connectivity index (χ0v) is 21.7. The summed E-state index contributed by atoms with van der Waals surface area (Å²) in [7, 11) is 0. The normalized spacial score (nSPS) is 20.4. The van der Waals surface area contributed by atoms with Crippen LogP contribution in [0.1, 0.15) is 69.2 Å². The van der Waals surface area contributed by atoms with Crippen LogP contribution in [0.3, 0.4) is 0 Å². The number of hydrogen-bond acceptors (Lipinski definition) is 0. The molecule has 0 nitrogen and oxygen atoms in total. The van der Waals surface area contributed by atoms with Crippen LogP contribution in [-0.2, 0) is 0 Å². The number of allylic oxidation sites excluding steroid dienone is 8. The second-order valence-corrected chi connectivity index (χ2v) is 7.25. The van der Waals surface area contributed by atoms with Gasteiger partial charge in [0.1, 0.15) is 0 Å². The van der Waals surface area contributed by atoms with Crippen molar-refractivity contribution in [1.29, 1.82) is 0 Å². The Morgan fingerprint density at radius 3 is 0.826 bits per heavy atom. The predicted octanol–water partition coefficient (Wildman–Crippen LogP) is 7.12. The standard InChI is InChI=1S/2C10H15.2CH3.U/c2*1-7-6-10(4,5)9(3)8(7)2;;;/h2*1-5H3;2*1H3;/q4*-1;+4. The van der Waals surface area contributed by atoms with Crippen molar-refractivity contribution >= 4 is 0 Å². The third-order valence-electron chi connectivity index (χ3n) is 5.12. The molecule has 0 aliphatic heterocycles. The van der Waals surface area contributed by atoms with E-state index in [9.17, 15) is 0 Å². The molecular weight excluding hydrogens is 502 g/mol. The summed E-state index contributed by atoms with van der Waals surface area (Å²) in [5.74, 6) is 0. The molecule has 0 aromatic heterocycles. The van der Waals surface area contributed by atoms with E-state index in [1.807, 2.05) is 0 Å². The molecule has 0 saturated carbocycles. The summed E-state index contributed by atoms with van der Waals surface area (Å²) in [6.45, 7) is 21.8. The molecule has 0 bridgehead atoms. The van der Waals surface area contributed by atoms with Gasteiger partial charge in [0, 0.05) is 0 Å². The maximum Gasteiger partial charge on any atom is 4.00 e. The summed E-state index contributed by atoms with van der Waals surface area (Å²) in [5, 5.41) is 0. The smallest absolute Gasteiger partial charge is 0.358 e. The Kier molecular flexibility index (Phi) is 11.5. The molecule has 2 rings (SSSR count). The van der Waals surface area contributed by atoms with Crippen molar-refractivity contribution in [3.63, 3.8) is 0 Å². The van der Waals surface area contributed by atoms with E-state index in [2.05, 4.69) is 81.4 Å². The van der Waals surface area contributed by atoms with Gasteiger partial charge in [0.2, 0.25) is 0 Å². The molecule has 23 heavy (non-hydrogen) atoms. The Morgan fingerprint density at radius 2 is 0.783 bits per heavy atom. The van der Waals surface area contributed by atoms with E-state index in [1.54, 1.807) is 0 Å². The molecule has 0 fully saturated rings. The Morgan fingerprint density at radius 1 is 0.565 bits per heavy atom. The summed E-state index contributed by atoms with van der Waals surface area (Å²) in [6.07, 6.45) is 6.87. The first-order valence-electron chi connectivity index (χ1n) is 7.50. The van der Waals surface area contributed by atoms with Crippen molar-refractivity contribution in [2.75, 3.05) is 0 Å². The van der Waals surface area contributed by atoms with Gasteiger partial charge in [-0.3, -0.25) is 12.2 Å². The van der Waals surface area contributed by atoms with Crippen LogP contribution in [0.4, 0.5) is 0 Å². The monoisotopic (exact) mass is 538 g/mol. The van der Waals surface area contributed by atoms with Crippen LogP contribution in [0.5, 0.6) is 0 Å². The van der Waals surface area contributed by atoms with E-state index in [0.29, 0.717) is 0 Å². The summed E-state index contributed by atoms with van der Waals surface area (Å²) >= 11 is 0. The van der Waals surface area contributed by atoms with Crippen LogP contribution in [0, 0.1) is 68.9 Å². The molecule has 0 amide bonds. The largest absolute Gasteiger partial charge is 4.00 e. The average Bonchev–Trinajstić information content (AvgIpc) is 2.60. The summed E-state index contributed by atoms with van der Waals surface area (Å²) in [4.78, 5) is 0. The third kappa shape index (κ3) is 6.10. The fourth-order valence-electron chi connectivity index (χ4n) is 2.81. The van der Waals surface area contributed by atoms with Gasteiger partial charge in [-0.05, 0) is 0 Å². The van der Waals surface area contributed by atoms with Gasteiger partial charge in [0.05, 0.1) is 0 Å². The Bertz CT molecular complexity index is 484. The molecule has 0 atom stereocenters. The molecule has 0 aromatic carbocycles. The average molecular weight is 539 g/mol. The molecule has 2 aliphatic rings. The van der Waals surface area contributed by atoms with Crippen LogP contribution in [-0.4, -0.2) is 0 Å². The molecule has 128 valence electrons. The first-order chi connectivity index (χ1) is 8.90. The Balaban J connectivity index is -0.000000308. The van der Waals surface area contributed by atoms with Crippen molar-refractivity contribution in [3.05, 3.63) is 60.4 Å². The first-order valence-corrected chi connectivity index (χ1v) is 7.50. The Hall–Kier alpha value is 0.0119. The summed E-state index contributed by atoms with van der Waals surface area (Å²) in [6, 6.07) is 0. The van der Waals surface area contributed by atoms with Crippen molar-refractivity contribution in [2.24, 2.45) is 10.8 Å². The van der Waals surface area contributed by atoms with Gasteiger partial charge in [-0.1, -0.05) is 66.2 Å². The Labute approximate surface area is 171 Å². The molecule has 0 aromatic rings. The first kappa shape index (κ1) is 27.8. The van der Waals surface area contributed by atoms with E-state index in [-0.39, 0.29) is 56.8 Å². The minimum atomic E-state index is 0. The molecule has 0 heterocycles. The van der Waals surface area contributed by atoms with Crippen molar-refractivity contribution in [3.8, 4) is 0 Å². The van der Waals surface area contributed by atoms with Gasteiger partial charge < -0.3 is 14.9 Å². The molecule has 0 N–H and O–H groups in total. The fourth-order valence-corrected chi connectivity index (χ4v) is 2.81. The van der Waals surface area contributed by atoms with Gasteiger partial charge in [0.25, 0.3) is 0 Å². The molecule has 1 heteroatoms. The molecule has 0 radical (unpaired) electrons. The van der Waals surface area contributed by atoms with Gasteiger partial charge in [-0.25, -0.2) is 11.1 Å². The van der Waals surface area contributed by atoms with Crippen LogP contribution in [0.25, 0.3) is 0 Å². The van der Waals surface area contributed by atoms with Crippen molar-refractivity contribution < 1.29 is 31.1 Å². The third-order valence-corrected chi connectivity index (χ3v) is 5.12. The topological polar surface area (TPSA) is 0 Å². The predicted molar refractivity (Wildman–Crippen MR) is 102 cm³/mol. The summed E-state index contributed by atoms with van der Waals surface area (Å²) in [5.41, 5.74) is 8.79. The number of hydrogen-bond donors (Lipinski definition) is 0. The molecule has 2 aliphatic carbocycles. The van der Waals surface area contributed by atoms with Crippen LogP contribution in [0.15, 0.2) is 33.4 Å². The van der Waals surface area contributed by atoms with Crippen LogP contribution < -0.4 is 0 Å². The van der Waals surface area contributed by atoms with Crippen molar-refractivity contribution in [1.82, 2.24) is 0 Å². The van der Waals surface area contributed by atoms with Crippen LogP contribution in [0.2, 0.25) is 0 Å². The fraction of sp³-hybridized carbons (Fsp3) is 0.545. The van der Waals surface area contributed by atoms with Crippen molar-refractivity contribution in [2.45, 2.75) is 69.2 Å². The van der Waals surface area contributed by atoms with Gasteiger partial charge in [0.15, 0.2) is 0 Å². The molecule has 0 unspecified atom stereocenters. The molecular formula is C22H36U. The quantitative estimate of drug-likeness (QED) is 0.288. The van der Waals surface area contributed by atoms with E-state index in [1.165, 1.54) is 33.4 Å². The maximum absolute atomic E-state index is 3.44. The minimum Gasteiger partial charge on any atom is -0.358 e. The number of rotatable bonds is 0.